The van der Waals surface area contributed by atoms with Gasteiger partial charge in [-0.3, -0.25) is 19.3 Å². The van der Waals surface area contributed by atoms with E-state index in [2.05, 4.69) is 15.5 Å². The van der Waals surface area contributed by atoms with Crippen LogP contribution in [0.2, 0.25) is 0 Å². The van der Waals surface area contributed by atoms with Crippen molar-refractivity contribution in [3.8, 4) is 10.7 Å². The van der Waals surface area contributed by atoms with Gasteiger partial charge in [0, 0.05) is 19.6 Å². The highest BCUT2D eigenvalue weighted by Crippen LogP contribution is 2.27. The molecule has 0 radical (unpaired) electrons. The third kappa shape index (κ3) is 3.01. The first-order valence-corrected chi connectivity index (χ1v) is 9.09. The number of likely N-dealkylation sites (tertiary alicyclic amines) is 1. The Labute approximate surface area is 148 Å². The van der Waals surface area contributed by atoms with E-state index in [0.717, 1.165) is 4.88 Å². The van der Waals surface area contributed by atoms with Gasteiger partial charge in [-0.05, 0) is 37.5 Å². The van der Waals surface area contributed by atoms with E-state index in [1.807, 2.05) is 31.4 Å². The van der Waals surface area contributed by atoms with Crippen LogP contribution in [0.1, 0.15) is 19.9 Å². The lowest BCUT2D eigenvalue weighted by Crippen LogP contribution is -2.57. The zero-order valence-electron chi connectivity index (χ0n) is 13.5. The first kappa shape index (κ1) is 16.8. The second-order valence-electron chi connectivity index (χ2n) is 5.71. The molecule has 24 heavy (non-hydrogen) atoms. The van der Waals surface area contributed by atoms with E-state index in [4.69, 9.17) is 12.2 Å². The quantitative estimate of drug-likeness (QED) is 0.792. The predicted molar refractivity (Wildman–Crippen MR) is 94.2 cm³/mol. The second kappa shape index (κ2) is 6.86. The zero-order valence-corrected chi connectivity index (χ0v) is 15.1. The van der Waals surface area contributed by atoms with Crippen LogP contribution in [0, 0.1) is 10.7 Å². The van der Waals surface area contributed by atoms with Crippen LogP contribution in [0.5, 0.6) is 0 Å². The normalized spacial score (nSPS) is 15.8. The summed E-state index contributed by atoms with van der Waals surface area (Å²) in [5, 5.41) is 11.8. The average Bonchev–Trinajstić information content (AvgIpc) is 3.14. The van der Waals surface area contributed by atoms with Crippen LogP contribution in [-0.4, -0.2) is 51.1 Å². The van der Waals surface area contributed by atoms with Crippen LogP contribution in [0.15, 0.2) is 17.5 Å². The summed E-state index contributed by atoms with van der Waals surface area (Å²) < 4.78 is 2.16. The summed E-state index contributed by atoms with van der Waals surface area (Å²) in [6.45, 7) is 5.20. The summed E-state index contributed by atoms with van der Waals surface area (Å²) >= 11 is 6.84. The highest BCUT2D eigenvalue weighted by atomic mass is 32.1. The lowest BCUT2D eigenvalue weighted by Gasteiger charge is -2.39. The fraction of sp³-hybridized carbons (Fsp3) is 0.467. The number of rotatable bonds is 5. The molecule has 3 heterocycles. The Morgan fingerprint density at radius 3 is 2.92 bits per heavy atom. The van der Waals surface area contributed by atoms with Crippen molar-refractivity contribution in [2.75, 3.05) is 19.6 Å². The maximum absolute atomic E-state index is 12.7. The molecule has 2 N–H and O–H groups in total. The van der Waals surface area contributed by atoms with Crippen LogP contribution in [0.25, 0.3) is 10.7 Å². The molecule has 0 aliphatic carbocycles. The van der Waals surface area contributed by atoms with Crippen LogP contribution < -0.4 is 5.32 Å². The topological polar surface area (TPSA) is 83.0 Å². The van der Waals surface area contributed by atoms with Gasteiger partial charge in [0.05, 0.1) is 10.8 Å². The van der Waals surface area contributed by atoms with Gasteiger partial charge < -0.3 is 10.2 Å². The van der Waals surface area contributed by atoms with Gasteiger partial charge in [-0.15, -0.1) is 11.3 Å². The first-order chi connectivity index (χ1) is 11.5. The molecule has 128 valence electrons. The Bertz CT molecular complexity index is 789. The number of nitrogens with one attached hydrogen (secondary N) is 2. The third-order valence-electron chi connectivity index (χ3n) is 4.11. The molecular weight excluding hydrogens is 346 g/mol. The SMILES string of the molecule is CCNC(=O)C1CN(C(=O)[C@@H](C)n2c(-c3cccs3)n[nH]c2=S)C1. The molecule has 7 nitrogen and oxygen atoms in total. The van der Waals surface area contributed by atoms with Crippen LogP contribution in [-0.2, 0) is 9.59 Å². The number of hydrogen-bond donors (Lipinski definition) is 2. The molecule has 0 unspecified atom stereocenters. The first-order valence-electron chi connectivity index (χ1n) is 7.80. The number of carbonyl (C=O) groups excluding carboxylic acids is 2. The molecule has 3 rings (SSSR count). The Balaban J connectivity index is 1.73. The molecule has 1 aliphatic rings. The van der Waals surface area contributed by atoms with Gasteiger partial charge in [0.25, 0.3) is 0 Å². The van der Waals surface area contributed by atoms with Crippen LogP contribution >= 0.6 is 23.6 Å². The van der Waals surface area contributed by atoms with Crippen molar-refractivity contribution in [1.29, 1.82) is 0 Å². The van der Waals surface area contributed by atoms with E-state index in [-0.39, 0.29) is 17.7 Å². The fourth-order valence-electron chi connectivity index (χ4n) is 2.76. The highest BCUT2D eigenvalue weighted by molar-refractivity contribution is 7.71. The number of nitrogens with zero attached hydrogens (tertiary/aromatic N) is 3. The average molecular weight is 365 g/mol. The lowest BCUT2D eigenvalue weighted by molar-refractivity contribution is -0.145. The predicted octanol–water partition coefficient (Wildman–Crippen LogP) is 1.82. The summed E-state index contributed by atoms with van der Waals surface area (Å²) in [5.41, 5.74) is 0. The van der Waals surface area contributed by atoms with Crippen molar-refractivity contribution in [2.24, 2.45) is 5.92 Å². The maximum atomic E-state index is 12.7. The molecule has 2 aromatic heterocycles. The van der Waals surface area contributed by atoms with Gasteiger partial charge in [0.2, 0.25) is 11.8 Å². The molecule has 0 spiro atoms. The third-order valence-corrected chi connectivity index (χ3v) is 5.26. The zero-order chi connectivity index (χ0) is 17.3. The van der Waals surface area contributed by atoms with Gasteiger partial charge in [0.1, 0.15) is 6.04 Å². The van der Waals surface area contributed by atoms with Crippen molar-refractivity contribution in [2.45, 2.75) is 19.9 Å². The lowest BCUT2D eigenvalue weighted by atomic mass is 9.98. The number of aromatic nitrogens is 3. The van der Waals surface area contributed by atoms with Gasteiger partial charge in [-0.25, -0.2) is 0 Å². The Morgan fingerprint density at radius 1 is 1.54 bits per heavy atom. The number of thiophene rings is 1. The van der Waals surface area contributed by atoms with E-state index in [0.29, 0.717) is 30.2 Å². The molecule has 1 aliphatic heterocycles. The summed E-state index contributed by atoms with van der Waals surface area (Å²) in [5.74, 6) is 0.506. The van der Waals surface area contributed by atoms with E-state index in [9.17, 15) is 9.59 Å². The van der Waals surface area contributed by atoms with Crippen molar-refractivity contribution < 1.29 is 9.59 Å². The summed E-state index contributed by atoms with van der Waals surface area (Å²) in [4.78, 5) is 27.1. The highest BCUT2D eigenvalue weighted by Gasteiger charge is 2.38. The Morgan fingerprint density at radius 2 is 2.29 bits per heavy atom. The van der Waals surface area contributed by atoms with Crippen molar-refractivity contribution in [3.63, 3.8) is 0 Å². The van der Waals surface area contributed by atoms with Crippen molar-refractivity contribution in [3.05, 3.63) is 22.3 Å². The number of aromatic amines is 1. The van der Waals surface area contributed by atoms with Gasteiger partial charge in [-0.2, -0.15) is 5.10 Å². The van der Waals surface area contributed by atoms with E-state index >= 15 is 0 Å². The summed E-state index contributed by atoms with van der Waals surface area (Å²) in [6, 6.07) is 3.41. The minimum absolute atomic E-state index is 0.00778. The molecule has 1 saturated heterocycles. The van der Waals surface area contributed by atoms with Gasteiger partial charge >= 0.3 is 0 Å². The minimum atomic E-state index is -0.469. The maximum Gasteiger partial charge on any atom is 0.245 e. The molecule has 9 heteroatoms. The van der Waals surface area contributed by atoms with E-state index < -0.39 is 6.04 Å². The van der Waals surface area contributed by atoms with Gasteiger partial charge in [0.15, 0.2) is 10.6 Å². The van der Waals surface area contributed by atoms with Crippen LogP contribution in [0.3, 0.4) is 0 Å². The smallest absolute Gasteiger partial charge is 0.245 e. The monoisotopic (exact) mass is 365 g/mol. The molecule has 2 amide bonds. The largest absolute Gasteiger partial charge is 0.356 e. The fourth-order valence-corrected chi connectivity index (χ4v) is 3.76. The summed E-state index contributed by atoms with van der Waals surface area (Å²) in [7, 11) is 0. The molecule has 0 bridgehead atoms. The molecule has 2 aromatic rings. The van der Waals surface area contributed by atoms with Crippen LogP contribution in [0.4, 0.5) is 0 Å². The number of amides is 2. The van der Waals surface area contributed by atoms with Crippen molar-refractivity contribution in [1.82, 2.24) is 25.0 Å². The molecule has 0 aromatic carbocycles. The van der Waals surface area contributed by atoms with E-state index in [1.165, 1.54) is 0 Å². The second-order valence-corrected chi connectivity index (χ2v) is 7.04. The summed E-state index contributed by atoms with van der Waals surface area (Å²) in [6.07, 6.45) is 0. The standard InChI is InChI=1S/C15H19N5O2S2/c1-3-16-13(21)10-7-19(8-10)14(22)9(2)20-12(17-18-15(20)23)11-5-4-6-24-11/h4-6,9-10H,3,7-8H2,1-2H3,(H,16,21)(H,18,23)/t9-/m1/s1. The molecule has 1 atom stereocenters. The molecule has 1 fully saturated rings. The Hall–Kier alpha value is -2.00. The van der Waals surface area contributed by atoms with Gasteiger partial charge in [-0.1, -0.05) is 6.07 Å². The minimum Gasteiger partial charge on any atom is -0.356 e. The van der Waals surface area contributed by atoms with Crippen molar-refractivity contribution >= 4 is 35.4 Å². The molecular formula is C15H19N5O2S2. The van der Waals surface area contributed by atoms with E-state index in [1.54, 1.807) is 20.8 Å². The number of carbonyl (C=O) groups is 2. The Kier molecular flexibility index (Phi) is 4.81. The number of H-pyrrole nitrogens is 1. The molecule has 0 saturated carbocycles. The number of hydrogen-bond acceptors (Lipinski definition) is 5.